The van der Waals surface area contributed by atoms with Crippen molar-refractivity contribution in [1.29, 1.82) is 0 Å². The molecule has 1 aliphatic heterocycles. The first kappa shape index (κ1) is 17.3. The molecule has 0 aromatic rings. The number of hydrogen-bond donors (Lipinski definition) is 0. The van der Waals surface area contributed by atoms with E-state index in [0.29, 0.717) is 7.30 Å². The van der Waals surface area contributed by atoms with E-state index in [1.165, 1.54) is 16.2 Å². The number of hydrogen-bond acceptors (Lipinski definition) is 0. The van der Waals surface area contributed by atoms with Crippen LogP contribution in [0, 0.1) is 5.90 Å². The molecule has 4 atom stereocenters. The zero-order valence-corrected chi connectivity index (χ0v) is 10.6. The van der Waals surface area contributed by atoms with Crippen LogP contribution in [0.4, 0.5) is 0 Å². The first-order chi connectivity index (χ1) is 2.39. The van der Waals surface area contributed by atoms with Gasteiger partial charge in [0.25, 0.3) is 0 Å². The molecule has 7 heteroatoms. The molecule has 1 saturated heterocycles. The van der Waals surface area contributed by atoms with E-state index in [2.05, 4.69) is 14.8 Å². The fraction of sp³-hybridized carbons (Fsp3) is 0. The Kier molecular flexibility index (Phi) is 22.1. The van der Waals surface area contributed by atoms with Crippen LogP contribution < -0.4 is 0 Å². The molecule has 0 amide bonds. The van der Waals surface area contributed by atoms with Crippen LogP contribution in [0.3, 0.4) is 0 Å². The molecule has 0 nitrogen and oxygen atoms in total. The summed E-state index contributed by atoms with van der Waals surface area (Å²) in [6.45, 7) is 0. The normalized spacial score (nSPS) is 28.9. The Balaban J connectivity index is -0.0000000833. The smallest absolute Gasteiger partial charge is 0 e. The molecule has 0 aliphatic carbocycles. The van der Waals surface area contributed by atoms with Gasteiger partial charge >= 0.3 is 0 Å². The van der Waals surface area contributed by atoms with Gasteiger partial charge in [0.1, 0.15) is 0 Å². The summed E-state index contributed by atoms with van der Waals surface area (Å²) < 4.78 is 0. The maximum absolute atomic E-state index is 2.85. The van der Waals surface area contributed by atoms with Crippen LogP contribution in [-0.2, 0) is 49.5 Å². The van der Waals surface area contributed by atoms with Crippen LogP contribution in [0.5, 0.6) is 0 Å². The summed E-state index contributed by atoms with van der Waals surface area (Å²) in [5, 5.41) is 0. The van der Waals surface area contributed by atoms with Gasteiger partial charge in [0.2, 0.25) is 0 Å². The van der Waals surface area contributed by atoms with Crippen LogP contribution >= 0.6 is 32.5 Å². The number of rotatable bonds is 0. The maximum atomic E-state index is 2.85. The zero-order chi connectivity index (χ0) is 3.70. The molecule has 1 fully saturated rings. The van der Waals surface area contributed by atoms with Crippen molar-refractivity contribution in [1.82, 2.24) is 0 Å². The molecular formula is CH5Ni3P4-. The van der Waals surface area contributed by atoms with Crippen molar-refractivity contribution in [2.24, 2.45) is 0 Å². The van der Waals surface area contributed by atoms with Crippen LogP contribution in [-0.4, -0.2) is 0 Å². The molecule has 4 unspecified atom stereocenters. The summed E-state index contributed by atoms with van der Waals surface area (Å²) in [4.78, 5) is 0. The Morgan fingerprint density at radius 1 is 1.25 bits per heavy atom. The molecule has 1 aliphatic rings. The SMILES string of the molecule is PP1[CH-]PP1.[Ni].[Ni].[Ni]. The van der Waals surface area contributed by atoms with Gasteiger partial charge in [-0.3, -0.25) is 14.2 Å². The Hall–Kier alpha value is 3.20. The Labute approximate surface area is 87.2 Å². The molecule has 0 N–H and O–H groups in total. The third kappa shape index (κ3) is 7.31. The van der Waals surface area contributed by atoms with Gasteiger partial charge in [-0.1, -0.05) is 0 Å². The van der Waals surface area contributed by atoms with Gasteiger partial charge in [-0.05, 0) is 0 Å². The van der Waals surface area contributed by atoms with Crippen molar-refractivity contribution < 1.29 is 49.5 Å². The largest absolute Gasteiger partial charge is 0.267 e. The van der Waals surface area contributed by atoms with Gasteiger partial charge in [0.15, 0.2) is 0 Å². The molecule has 0 aromatic carbocycles. The van der Waals surface area contributed by atoms with E-state index in [4.69, 9.17) is 0 Å². The fourth-order valence-corrected chi connectivity index (χ4v) is 7.78. The van der Waals surface area contributed by atoms with Crippen molar-refractivity contribution in [2.75, 3.05) is 0 Å². The van der Waals surface area contributed by atoms with Gasteiger partial charge in [-0.2, -0.15) is 0 Å². The Morgan fingerprint density at radius 3 is 1.50 bits per heavy atom. The monoisotopic (exact) mass is 315 g/mol. The second-order valence-corrected chi connectivity index (χ2v) is 11.5. The van der Waals surface area contributed by atoms with Gasteiger partial charge in [0, 0.05) is 49.5 Å². The average Bonchev–Trinajstić information content (AvgIpc) is 1.30. The third-order valence-electron chi connectivity index (χ3n) is 0.397. The Morgan fingerprint density at radius 2 is 1.50 bits per heavy atom. The molecule has 0 saturated carbocycles. The first-order valence-electron chi connectivity index (χ1n) is 1.28. The summed E-state index contributed by atoms with van der Waals surface area (Å²) in [6, 6.07) is 0. The predicted octanol–water partition coefficient (Wildman–Crippen LogP) is 2.57. The second-order valence-electron chi connectivity index (χ2n) is 0.793. The second kappa shape index (κ2) is 10.2. The summed E-state index contributed by atoms with van der Waals surface area (Å²) in [6.07, 6.45) is 0. The van der Waals surface area contributed by atoms with Crippen LogP contribution in [0.15, 0.2) is 0 Å². The van der Waals surface area contributed by atoms with Crippen LogP contribution in [0.1, 0.15) is 0 Å². The molecule has 1 rings (SSSR count). The molecule has 1 heterocycles. The maximum Gasteiger partial charge on any atom is 0 e. The van der Waals surface area contributed by atoms with E-state index < -0.39 is 0 Å². The van der Waals surface area contributed by atoms with Gasteiger partial charge in [0.05, 0.1) is 0 Å². The van der Waals surface area contributed by atoms with Crippen molar-refractivity contribution in [3.8, 4) is 0 Å². The van der Waals surface area contributed by atoms with Gasteiger partial charge < -0.3 is 0 Å². The Bertz CT molecular complexity index is 38.3. The van der Waals surface area contributed by atoms with E-state index in [1.54, 1.807) is 0 Å². The fourth-order valence-electron chi connectivity index (χ4n) is 0.139. The minimum absolute atomic E-state index is 0. The zero-order valence-electron chi connectivity index (χ0n) is 3.55. The van der Waals surface area contributed by atoms with E-state index in [-0.39, 0.29) is 49.5 Å². The summed E-state index contributed by atoms with van der Waals surface area (Å²) in [5.74, 6) is 2.42. The van der Waals surface area contributed by atoms with Crippen LogP contribution in [0.25, 0.3) is 0 Å². The first-order valence-corrected chi connectivity index (χ1v) is 8.23. The molecule has 0 spiro atoms. The van der Waals surface area contributed by atoms with Crippen molar-refractivity contribution >= 4 is 32.5 Å². The molecule has 0 bridgehead atoms. The molecule has 0 aromatic heterocycles. The van der Waals surface area contributed by atoms with E-state index >= 15 is 0 Å². The van der Waals surface area contributed by atoms with Crippen LogP contribution in [0.2, 0.25) is 0 Å². The minimum Gasteiger partial charge on any atom is -0.267 e. The summed E-state index contributed by atoms with van der Waals surface area (Å²) >= 11 is 0. The molecular weight excluding hydrogens is 312 g/mol. The summed E-state index contributed by atoms with van der Waals surface area (Å²) in [7, 11) is 5.77. The topological polar surface area (TPSA) is 0 Å². The quantitative estimate of drug-likeness (QED) is 0.366. The van der Waals surface area contributed by atoms with Gasteiger partial charge in [-0.15, -0.1) is 16.9 Å². The van der Waals surface area contributed by atoms with Crippen molar-refractivity contribution in [2.45, 2.75) is 0 Å². The van der Waals surface area contributed by atoms with Gasteiger partial charge in [-0.25, -0.2) is 7.30 Å². The van der Waals surface area contributed by atoms with E-state index in [1.807, 2.05) is 0 Å². The minimum atomic E-state index is 0. The summed E-state index contributed by atoms with van der Waals surface area (Å²) in [5.41, 5.74) is 0. The average molecular weight is 317 g/mol. The van der Waals surface area contributed by atoms with Crippen molar-refractivity contribution in [3.05, 3.63) is 5.90 Å². The third-order valence-corrected chi connectivity index (χ3v) is 14.2. The van der Waals surface area contributed by atoms with Crippen molar-refractivity contribution in [3.63, 3.8) is 0 Å². The molecule has 0 radical (unpaired) electrons. The van der Waals surface area contributed by atoms with E-state index in [9.17, 15) is 0 Å². The standard InChI is InChI=1S/CH5P4.3Ni/c2-5-1-3-4-5;;;/h1,3-4H,2H2;;;/q-1;;;. The molecule has 60 valence electrons. The molecule has 8 heavy (non-hydrogen) atoms. The predicted molar refractivity (Wildman–Crippen MR) is 37.6 cm³/mol. The van der Waals surface area contributed by atoms with E-state index in [0.717, 1.165) is 0 Å².